The molecule has 0 N–H and O–H groups in total. The number of hydrogen-bond donors (Lipinski definition) is 0. The third kappa shape index (κ3) is 3.08. The molecule has 1 saturated carbocycles. The van der Waals surface area contributed by atoms with Crippen molar-refractivity contribution in [1.29, 1.82) is 0 Å². The zero-order valence-electron chi connectivity index (χ0n) is 14.0. The number of thioether (sulfide) groups is 1. The van der Waals surface area contributed by atoms with Gasteiger partial charge in [-0.05, 0) is 48.1 Å². The Kier molecular flexibility index (Phi) is 4.10. The van der Waals surface area contributed by atoms with Crippen molar-refractivity contribution >= 4 is 23.1 Å². The Bertz CT molecular complexity index is 983. The monoisotopic (exact) mass is 379 g/mol. The molecule has 0 bridgehead atoms. The van der Waals surface area contributed by atoms with Gasteiger partial charge in [0.1, 0.15) is 0 Å². The van der Waals surface area contributed by atoms with Gasteiger partial charge in [-0.15, -0.1) is 21.5 Å². The van der Waals surface area contributed by atoms with E-state index >= 15 is 0 Å². The Hall–Kier alpha value is -2.38. The third-order valence-corrected chi connectivity index (χ3v) is 6.27. The Morgan fingerprint density at radius 3 is 2.65 bits per heavy atom. The highest BCUT2D eigenvalue weighted by molar-refractivity contribution is 7.98. The standard InChI is InChI=1S/C19H17N5S2/c1-3-17(25-12-1)18-21-22-19(24(18)16-8-9-16)26-13-14-4-6-15(7-5-14)23-11-2-10-20-23/h1-7,10-12,16H,8-9,13H2. The molecule has 0 atom stereocenters. The minimum atomic E-state index is 0.562. The van der Waals surface area contributed by atoms with E-state index in [1.807, 2.05) is 16.9 Å². The van der Waals surface area contributed by atoms with E-state index < -0.39 is 0 Å². The summed E-state index contributed by atoms with van der Waals surface area (Å²) >= 11 is 3.48. The average molecular weight is 380 g/mol. The molecule has 1 aliphatic carbocycles. The lowest BCUT2D eigenvalue weighted by Crippen LogP contribution is -1.99. The first-order valence-corrected chi connectivity index (χ1v) is 10.5. The highest BCUT2D eigenvalue weighted by atomic mass is 32.2. The summed E-state index contributed by atoms with van der Waals surface area (Å²) in [4.78, 5) is 1.19. The molecule has 4 aromatic rings. The highest BCUT2D eigenvalue weighted by Gasteiger charge is 2.30. The first-order chi connectivity index (χ1) is 12.9. The maximum Gasteiger partial charge on any atom is 0.192 e. The molecule has 5 rings (SSSR count). The van der Waals surface area contributed by atoms with Crippen LogP contribution in [0.1, 0.15) is 24.4 Å². The molecule has 1 aromatic carbocycles. The number of hydrogen-bond acceptors (Lipinski definition) is 5. The lowest BCUT2D eigenvalue weighted by Gasteiger charge is -2.08. The van der Waals surface area contributed by atoms with Crippen LogP contribution in [0.2, 0.25) is 0 Å². The minimum absolute atomic E-state index is 0.562. The molecule has 0 unspecified atom stereocenters. The fourth-order valence-corrected chi connectivity index (χ4v) is 4.59. The SMILES string of the molecule is c1csc(-c2nnc(SCc3ccc(-n4cccn4)cc3)n2C2CC2)c1. The fourth-order valence-electron chi connectivity index (χ4n) is 2.93. The second kappa shape index (κ2) is 6.74. The van der Waals surface area contributed by atoms with Crippen molar-refractivity contribution in [2.45, 2.75) is 29.8 Å². The van der Waals surface area contributed by atoms with E-state index in [1.165, 1.54) is 23.3 Å². The molecule has 1 aliphatic rings. The molecule has 0 radical (unpaired) electrons. The zero-order chi connectivity index (χ0) is 17.3. The first-order valence-electron chi connectivity index (χ1n) is 8.59. The van der Waals surface area contributed by atoms with Crippen LogP contribution in [-0.2, 0) is 5.75 Å². The molecule has 0 aliphatic heterocycles. The van der Waals surface area contributed by atoms with Crippen molar-refractivity contribution in [1.82, 2.24) is 24.5 Å². The van der Waals surface area contributed by atoms with Gasteiger partial charge in [0.15, 0.2) is 11.0 Å². The Morgan fingerprint density at radius 2 is 1.96 bits per heavy atom. The summed E-state index contributed by atoms with van der Waals surface area (Å²) in [5.41, 5.74) is 2.35. The largest absolute Gasteiger partial charge is 0.298 e. The van der Waals surface area contributed by atoms with Gasteiger partial charge in [-0.3, -0.25) is 4.57 Å². The molecule has 5 nitrogen and oxygen atoms in total. The van der Waals surface area contributed by atoms with Gasteiger partial charge in [0, 0.05) is 24.2 Å². The van der Waals surface area contributed by atoms with Crippen LogP contribution < -0.4 is 0 Å². The molecule has 26 heavy (non-hydrogen) atoms. The third-order valence-electron chi connectivity index (χ3n) is 4.39. The summed E-state index contributed by atoms with van der Waals surface area (Å²) in [6.07, 6.45) is 6.19. The molecule has 0 amide bonds. The van der Waals surface area contributed by atoms with Gasteiger partial charge in [0.2, 0.25) is 0 Å². The molecular weight excluding hydrogens is 362 g/mol. The summed E-state index contributed by atoms with van der Waals surface area (Å²) in [6, 6.07) is 15.2. The molecule has 7 heteroatoms. The predicted molar refractivity (Wildman–Crippen MR) is 105 cm³/mol. The van der Waals surface area contributed by atoms with Crippen molar-refractivity contribution in [3.8, 4) is 16.4 Å². The number of nitrogens with zero attached hydrogens (tertiary/aromatic N) is 5. The number of rotatable bonds is 6. The van der Waals surface area contributed by atoms with Crippen molar-refractivity contribution in [3.05, 3.63) is 65.8 Å². The van der Waals surface area contributed by atoms with Gasteiger partial charge >= 0.3 is 0 Å². The first kappa shape index (κ1) is 15.8. The minimum Gasteiger partial charge on any atom is -0.298 e. The highest BCUT2D eigenvalue weighted by Crippen LogP contribution is 2.42. The van der Waals surface area contributed by atoms with E-state index in [1.54, 1.807) is 29.3 Å². The second-order valence-electron chi connectivity index (χ2n) is 6.29. The van der Waals surface area contributed by atoms with Crippen molar-refractivity contribution in [3.63, 3.8) is 0 Å². The van der Waals surface area contributed by atoms with Gasteiger partial charge < -0.3 is 0 Å². The average Bonchev–Trinajstić information content (AvgIpc) is 3.14. The van der Waals surface area contributed by atoms with Crippen LogP contribution in [0.25, 0.3) is 16.4 Å². The molecule has 0 spiro atoms. The van der Waals surface area contributed by atoms with Crippen LogP contribution in [0.4, 0.5) is 0 Å². The summed E-state index contributed by atoms with van der Waals surface area (Å²) in [6.45, 7) is 0. The molecule has 1 fully saturated rings. The summed E-state index contributed by atoms with van der Waals surface area (Å²) < 4.78 is 4.20. The molecule has 0 saturated heterocycles. The smallest absolute Gasteiger partial charge is 0.192 e. The maximum absolute atomic E-state index is 4.48. The summed E-state index contributed by atoms with van der Waals surface area (Å²) in [7, 11) is 0. The number of thiophene rings is 1. The van der Waals surface area contributed by atoms with Gasteiger partial charge in [-0.2, -0.15) is 5.10 Å². The molecule has 3 heterocycles. The topological polar surface area (TPSA) is 48.5 Å². The van der Waals surface area contributed by atoms with Gasteiger partial charge in [-0.25, -0.2) is 4.68 Å². The zero-order valence-corrected chi connectivity index (χ0v) is 15.7. The van der Waals surface area contributed by atoms with Crippen LogP contribution in [0.15, 0.2) is 65.4 Å². The van der Waals surface area contributed by atoms with Gasteiger partial charge in [0.25, 0.3) is 0 Å². The molecule has 3 aromatic heterocycles. The van der Waals surface area contributed by atoms with Crippen molar-refractivity contribution < 1.29 is 0 Å². The van der Waals surface area contributed by atoms with E-state index in [9.17, 15) is 0 Å². The van der Waals surface area contributed by atoms with Crippen LogP contribution in [0.3, 0.4) is 0 Å². The van der Waals surface area contributed by atoms with E-state index in [2.05, 4.69) is 61.6 Å². The predicted octanol–water partition coefficient (Wildman–Crippen LogP) is 4.82. The molecular formula is C19H17N5S2. The quantitative estimate of drug-likeness (QED) is 0.451. The van der Waals surface area contributed by atoms with Gasteiger partial charge in [0.05, 0.1) is 10.6 Å². The fraction of sp³-hybridized carbons (Fsp3) is 0.211. The lowest BCUT2D eigenvalue weighted by molar-refractivity contribution is 0.670. The molecule has 130 valence electrons. The summed E-state index contributed by atoms with van der Waals surface area (Å²) in [5, 5.41) is 16.3. The number of aromatic nitrogens is 5. The Labute approximate surface area is 159 Å². The van der Waals surface area contributed by atoms with Crippen LogP contribution in [0.5, 0.6) is 0 Å². The lowest BCUT2D eigenvalue weighted by atomic mass is 10.2. The summed E-state index contributed by atoms with van der Waals surface area (Å²) in [5.74, 6) is 1.90. The maximum atomic E-state index is 4.48. The number of benzene rings is 1. The Morgan fingerprint density at radius 1 is 1.08 bits per heavy atom. The van der Waals surface area contributed by atoms with Gasteiger partial charge in [-0.1, -0.05) is 30.0 Å². The van der Waals surface area contributed by atoms with E-state index in [0.29, 0.717) is 6.04 Å². The Balaban J connectivity index is 1.34. The normalized spacial score (nSPS) is 14.0. The van der Waals surface area contributed by atoms with E-state index in [-0.39, 0.29) is 0 Å². The van der Waals surface area contributed by atoms with Crippen molar-refractivity contribution in [2.75, 3.05) is 0 Å². The van der Waals surface area contributed by atoms with E-state index in [4.69, 9.17) is 0 Å². The van der Waals surface area contributed by atoms with Crippen molar-refractivity contribution in [2.24, 2.45) is 0 Å². The van der Waals surface area contributed by atoms with Crippen LogP contribution in [-0.4, -0.2) is 24.5 Å². The second-order valence-corrected chi connectivity index (χ2v) is 8.18. The van der Waals surface area contributed by atoms with E-state index in [0.717, 1.165) is 22.4 Å². The van der Waals surface area contributed by atoms with Crippen LogP contribution in [0, 0.1) is 0 Å². The van der Waals surface area contributed by atoms with Crippen LogP contribution >= 0.6 is 23.1 Å².